The highest BCUT2D eigenvalue weighted by atomic mass is 35.5. The van der Waals surface area contributed by atoms with E-state index in [1.807, 2.05) is 6.07 Å². The molecule has 1 heterocycles. The van der Waals surface area contributed by atoms with E-state index in [-0.39, 0.29) is 23.6 Å². The lowest BCUT2D eigenvalue weighted by Crippen LogP contribution is -2.28. The molecule has 0 saturated carbocycles. The molecule has 2 aromatic rings. The second-order valence-electron chi connectivity index (χ2n) is 5.09. The van der Waals surface area contributed by atoms with Gasteiger partial charge in [-0.3, -0.25) is 4.98 Å². The number of nitrogens with zero attached hydrogens (tertiary/aromatic N) is 3. The van der Waals surface area contributed by atoms with E-state index in [4.69, 9.17) is 16.9 Å². The van der Waals surface area contributed by atoms with Crippen LogP contribution < -0.4 is 0 Å². The molecular weight excluding hydrogens is 339 g/mol. The summed E-state index contributed by atoms with van der Waals surface area (Å²) in [5.74, 6) is 0. The van der Waals surface area contributed by atoms with Gasteiger partial charge in [0.25, 0.3) is 0 Å². The molecule has 1 aromatic carbocycles. The van der Waals surface area contributed by atoms with Crippen LogP contribution in [-0.2, 0) is 11.6 Å². The Labute approximate surface area is 141 Å². The highest BCUT2D eigenvalue weighted by Gasteiger charge is 2.39. The van der Waals surface area contributed by atoms with E-state index in [9.17, 15) is 18.4 Å². The van der Waals surface area contributed by atoms with Crippen LogP contribution in [0.15, 0.2) is 42.6 Å². The summed E-state index contributed by atoms with van der Waals surface area (Å²) in [6, 6.07) is 13.3. The molecule has 2 rings (SSSR count). The van der Waals surface area contributed by atoms with Gasteiger partial charge in [0.15, 0.2) is 0 Å². The summed E-state index contributed by atoms with van der Waals surface area (Å²) in [7, 11) is 0. The number of hydrogen-bond donors (Lipinski definition) is 0. The van der Waals surface area contributed by atoms with Gasteiger partial charge in [-0.2, -0.15) is 23.7 Å². The molecule has 122 valence electrons. The molecule has 0 aliphatic heterocycles. The van der Waals surface area contributed by atoms with Crippen molar-refractivity contribution in [1.29, 1.82) is 10.5 Å². The van der Waals surface area contributed by atoms with Crippen molar-refractivity contribution in [1.82, 2.24) is 4.98 Å². The number of hydrogen-bond acceptors (Lipinski definition) is 3. The van der Waals surface area contributed by atoms with Gasteiger partial charge in [-0.1, -0.05) is 41.9 Å². The lowest BCUT2D eigenvalue weighted by molar-refractivity contribution is -0.137. The minimum absolute atomic E-state index is 0.0149. The molecular formula is C17H11ClF3N3. The summed E-state index contributed by atoms with van der Waals surface area (Å²) in [6.45, 7) is 0. The summed E-state index contributed by atoms with van der Waals surface area (Å²) in [5, 5.41) is 18.4. The van der Waals surface area contributed by atoms with Crippen molar-refractivity contribution >= 4 is 11.6 Å². The molecule has 1 atom stereocenters. The molecule has 7 heteroatoms. The van der Waals surface area contributed by atoms with Crippen molar-refractivity contribution in [2.75, 3.05) is 0 Å². The van der Waals surface area contributed by atoms with E-state index in [0.29, 0.717) is 11.8 Å². The lowest BCUT2D eigenvalue weighted by Gasteiger charge is -2.27. The summed E-state index contributed by atoms with van der Waals surface area (Å²) in [5.41, 5.74) is -1.84. The van der Waals surface area contributed by atoms with Gasteiger partial charge < -0.3 is 0 Å². The highest BCUT2D eigenvalue weighted by molar-refractivity contribution is 6.31. The Morgan fingerprint density at radius 1 is 1.08 bits per heavy atom. The summed E-state index contributed by atoms with van der Waals surface area (Å²) in [4.78, 5) is 3.83. The fourth-order valence-corrected chi connectivity index (χ4v) is 2.77. The molecule has 0 amide bonds. The van der Waals surface area contributed by atoms with Gasteiger partial charge >= 0.3 is 6.18 Å². The monoisotopic (exact) mass is 349 g/mol. The molecule has 0 radical (unpaired) electrons. The molecule has 1 aromatic heterocycles. The second kappa shape index (κ2) is 6.90. The van der Waals surface area contributed by atoms with Gasteiger partial charge in [-0.15, -0.1) is 0 Å². The van der Waals surface area contributed by atoms with Crippen LogP contribution >= 0.6 is 11.6 Å². The van der Waals surface area contributed by atoms with Crippen molar-refractivity contribution in [3.63, 3.8) is 0 Å². The first-order chi connectivity index (χ1) is 11.3. The topological polar surface area (TPSA) is 60.5 Å². The summed E-state index contributed by atoms with van der Waals surface area (Å²) >= 11 is 6.03. The summed E-state index contributed by atoms with van der Waals surface area (Å²) < 4.78 is 38.4. The number of halogens is 4. The zero-order chi connectivity index (χ0) is 17.8. The smallest absolute Gasteiger partial charge is 0.257 e. The number of rotatable bonds is 4. The molecule has 0 fully saturated rings. The average Bonchev–Trinajstić information content (AvgIpc) is 2.57. The first-order valence-electron chi connectivity index (χ1n) is 6.92. The lowest BCUT2D eigenvalue weighted by atomic mass is 9.75. The normalized spacial score (nSPS) is 13.6. The van der Waals surface area contributed by atoms with E-state index in [2.05, 4.69) is 11.1 Å². The van der Waals surface area contributed by atoms with Gasteiger partial charge in [-0.25, -0.2) is 0 Å². The quantitative estimate of drug-likeness (QED) is 0.791. The van der Waals surface area contributed by atoms with Gasteiger partial charge in [-0.05, 0) is 18.1 Å². The van der Waals surface area contributed by atoms with E-state index in [1.54, 1.807) is 30.3 Å². The molecule has 24 heavy (non-hydrogen) atoms. The standard InChI is InChI=1S/C17H11ClF3N3/c18-14-9-13(17(19,20)21)10-24-15(14)16(11-23,7-4-8-22)12-5-2-1-3-6-12/h1-3,5-6,9-10H,4,7H2. The molecule has 0 saturated heterocycles. The zero-order valence-corrected chi connectivity index (χ0v) is 13.1. The number of aromatic nitrogens is 1. The zero-order valence-electron chi connectivity index (χ0n) is 12.3. The maximum absolute atomic E-state index is 12.8. The predicted octanol–water partition coefficient (Wildman–Crippen LogP) is 4.87. The minimum Gasteiger partial charge on any atom is -0.257 e. The first-order valence-corrected chi connectivity index (χ1v) is 7.30. The Bertz CT molecular complexity index is 807. The maximum atomic E-state index is 12.8. The van der Waals surface area contributed by atoms with Crippen LogP contribution in [0.3, 0.4) is 0 Å². The van der Waals surface area contributed by atoms with Crippen molar-refractivity contribution in [2.45, 2.75) is 24.4 Å². The number of nitriles is 2. The van der Waals surface area contributed by atoms with Crippen LogP contribution in [0.4, 0.5) is 13.2 Å². The SMILES string of the molecule is N#CCCC(C#N)(c1ccccc1)c1ncc(C(F)(F)F)cc1Cl. The molecule has 1 unspecified atom stereocenters. The van der Waals surface area contributed by atoms with Gasteiger partial charge in [0.2, 0.25) is 0 Å². The number of pyridine rings is 1. The van der Waals surface area contributed by atoms with Gasteiger partial charge in [0.1, 0.15) is 5.41 Å². The molecule has 3 nitrogen and oxygen atoms in total. The number of benzene rings is 1. The van der Waals surface area contributed by atoms with Crippen LogP contribution in [0, 0.1) is 22.7 Å². The van der Waals surface area contributed by atoms with Crippen LogP contribution in [0.1, 0.15) is 29.7 Å². The van der Waals surface area contributed by atoms with Crippen molar-refractivity contribution in [2.24, 2.45) is 0 Å². The Morgan fingerprint density at radius 2 is 1.75 bits per heavy atom. The largest absolute Gasteiger partial charge is 0.417 e. The number of alkyl halides is 3. The fraction of sp³-hybridized carbons (Fsp3) is 0.235. The Balaban J connectivity index is 2.65. The molecule has 0 bridgehead atoms. The highest BCUT2D eigenvalue weighted by Crippen LogP contribution is 2.40. The van der Waals surface area contributed by atoms with E-state index < -0.39 is 17.2 Å². The molecule has 0 N–H and O–H groups in total. The van der Waals surface area contributed by atoms with E-state index >= 15 is 0 Å². The van der Waals surface area contributed by atoms with E-state index in [0.717, 1.165) is 6.07 Å². The van der Waals surface area contributed by atoms with E-state index in [1.165, 1.54) is 0 Å². The third-order valence-corrected chi connectivity index (χ3v) is 3.93. The molecule has 0 aliphatic carbocycles. The van der Waals surface area contributed by atoms with Crippen LogP contribution in [0.2, 0.25) is 5.02 Å². The van der Waals surface area contributed by atoms with Crippen LogP contribution in [0.5, 0.6) is 0 Å². The van der Waals surface area contributed by atoms with Crippen LogP contribution in [0.25, 0.3) is 0 Å². The average molecular weight is 350 g/mol. The Hall–Kier alpha value is -2.57. The van der Waals surface area contributed by atoms with Gasteiger partial charge in [0.05, 0.1) is 28.4 Å². The summed E-state index contributed by atoms with van der Waals surface area (Å²) in [6.07, 6.45) is -3.82. The second-order valence-corrected chi connectivity index (χ2v) is 5.50. The molecule has 0 spiro atoms. The van der Waals surface area contributed by atoms with Crippen LogP contribution in [-0.4, -0.2) is 4.98 Å². The fourth-order valence-electron chi connectivity index (χ4n) is 2.45. The van der Waals surface area contributed by atoms with Crippen molar-refractivity contribution in [3.8, 4) is 12.1 Å². The maximum Gasteiger partial charge on any atom is 0.417 e. The molecule has 0 aliphatic rings. The van der Waals surface area contributed by atoms with Crippen molar-refractivity contribution < 1.29 is 13.2 Å². The van der Waals surface area contributed by atoms with Gasteiger partial charge in [0, 0.05) is 12.6 Å². The third-order valence-electron chi connectivity index (χ3n) is 3.64. The Kier molecular flexibility index (Phi) is 5.11. The predicted molar refractivity (Wildman–Crippen MR) is 81.9 cm³/mol. The minimum atomic E-state index is -4.58. The van der Waals surface area contributed by atoms with Crippen molar-refractivity contribution in [3.05, 3.63) is 64.4 Å². The Morgan fingerprint density at radius 3 is 2.25 bits per heavy atom. The third kappa shape index (κ3) is 3.34. The first kappa shape index (κ1) is 17.8.